The highest BCUT2D eigenvalue weighted by Gasteiger charge is 2.17. The molecule has 0 radical (unpaired) electrons. The summed E-state index contributed by atoms with van der Waals surface area (Å²) in [6.07, 6.45) is 0. The van der Waals surface area contributed by atoms with Crippen LogP contribution in [0.1, 0.15) is 15.9 Å². The van der Waals surface area contributed by atoms with Crippen molar-refractivity contribution in [2.75, 3.05) is 25.3 Å². The molecule has 6 nitrogen and oxygen atoms in total. The average Bonchev–Trinajstić information content (AvgIpc) is 2.64. The summed E-state index contributed by atoms with van der Waals surface area (Å²) in [5.74, 6) is 1.32. The Kier molecular flexibility index (Phi) is 5.14. The minimum atomic E-state index is -0.225. The molecule has 2 aromatic carbocycles. The summed E-state index contributed by atoms with van der Waals surface area (Å²) < 4.78 is 10.6. The molecule has 1 heterocycles. The number of amides is 2. The molecule has 3 rings (SSSR count). The molecule has 0 saturated heterocycles. The lowest BCUT2D eigenvalue weighted by Crippen LogP contribution is -2.24. The first-order chi connectivity index (χ1) is 12.1. The maximum Gasteiger partial charge on any atom is 0.251 e. The Labute approximate surface area is 149 Å². The Morgan fingerprint density at radius 3 is 2.84 bits per heavy atom. The summed E-state index contributed by atoms with van der Waals surface area (Å²) in [6.45, 7) is 0.303. The van der Waals surface area contributed by atoms with Crippen molar-refractivity contribution >= 4 is 29.3 Å². The molecule has 7 heteroatoms. The number of rotatable bonds is 5. The first-order valence-corrected chi connectivity index (χ1v) is 8.65. The van der Waals surface area contributed by atoms with Crippen LogP contribution in [0.25, 0.3) is 0 Å². The number of nitrogens with one attached hydrogen (secondary N) is 2. The number of methoxy groups -OCH3 is 2. The van der Waals surface area contributed by atoms with E-state index in [0.717, 1.165) is 10.5 Å². The number of benzene rings is 2. The monoisotopic (exact) mass is 358 g/mol. The Morgan fingerprint density at radius 2 is 2.08 bits per heavy atom. The summed E-state index contributed by atoms with van der Waals surface area (Å²) in [6, 6.07) is 10.8. The van der Waals surface area contributed by atoms with Crippen LogP contribution in [-0.2, 0) is 11.3 Å². The van der Waals surface area contributed by atoms with E-state index in [1.54, 1.807) is 32.4 Å². The van der Waals surface area contributed by atoms with E-state index in [1.807, 2.05) is 18.2 Å². The lowest BCUT2D eigenvalue weighted by molar-refractivity contribution is -0.113. The second-order valence-corrected chi connectivity index (χ2v) is 6.40. The largest absolute Gasteiger partial charge is 0.493 e. The van der Waals surface area contributed by atoms with E-state index in [4.69, 9.17) is 9.47 Å². The van der Waals surface area contributed by atoms with E-state index in [-0.39, 0.29) is 11.8 Å². The highest BCUT2D eigenvalue weighted by molar-refractivity contribution is 8.00. The third-order valence-electron chi connectivity index (χ3n) is 3.80. The van der Waals surface area contributed by atoms with Crippen LogP contribution in [0, 0.1) is 0 Å². The molecule has 0 fully saturated rings. The van der Waals surface area contributed by atoms with Crippen molar-refractivity contribution in [3.05, 3.63) is 47.5 Å². The van der Waals surface area contributed by atoms with Crippen LogP contribution in [0.5, 0.6) is 11.5 Å². The normalized spacial score (nSPS) is 12.8. The van der Waals surface area contributed by atoms with Crippen molar-refractivity contribution in [2.45, 2.75) is 11.4 Å². The van der Waals surface area contributed by atoms with Gasteiger partial charge >= 0.3 is 0 Å². The van der Waals surface area contributed by atoms with Crippen molar-refractivity contribution in [1.82, 2.24) is 5.32 Å². The van der Waals surface area contributed by atoms with Gasteiger partial charge < -0.3 is 20.1 Å². The highest BCUT2D eigenvalue weighted by atomic mass is 32.2. The fourth-order valence-corrected chi connectivity index (χ4v) is 3.38. The molecule has 0 spiro atoms. The van der Waals surface area contributed by atoms with E-state index >= 15 is 0 Å². The first kappa shape index (κ1) is 17.2. The fourth-order valence-electron chi connectivity index (χ4n) is 2.59. The Bertz CT molecular complexity index is 823. The number of fused-ring (bicyclic) bond motifs is 1. The zero-order chi connectivity index (χ0) is 17.8. The molecule has 0 aliphatic carbocycles. The van der Waals surface area contributed by atoms with Gasteiger partial charge in [0.2, 0.25) is 5.91 Å². The maximum atomic E-state index is 12.4. The molecule has 2 N–H and O–H groups in total. The number of thioether (sulfide) groups is 1. The van der Waals surface area contributed by atoms with Gasteiger partial charge in [0.15, 0.2) is 11.5 Å². The van der Waals surface area contributed by atoms with E-state index < -0.39 is 0 Å². The first-order valence-electron chi connectivity index (χ1n) is 7.67. The van der Waals surface area contributed by atoms with E-state index in [0.29, 0.717) is 35.0 Å². The van der Waals surface area contributed by atoms with Crippen LogP contribution >= 0.6 is 11.8 Å². The van der Waals surface area contributed by atoms with Crippen LogP contribution in [0.4, 0.5) is 5.69 Å². The van der Waals surface area contributed by atoms with Crippen molar-refractivity contribution in [3.8, 4) is 11.5 Å². The number of hydrogen-bond donors (Lipinski definition) is 2. The third kappa shape index (κ3) is 3.71. The number of para-hydroxylation sites is 1. The minimum absolute atomic E-state index is 0.0591. The number of hydrogen-bond acceptors (Lipinski definition) is 5. The molecule has 130 valence electrons. The molecular formula is C18H18N2O4S. The molecule has 0 bridgehead atoms. The summed E-state index contributed by atoms with van der Waals surface area (Å²) in [5, 5.41) is 5.65. The van der Waals surface area contributed by atoms with Gasteiger partial charge in [-0.2, -0.15) is 0 Å². The zero-order valence-corrected chi connectivity index (χ0v) is 14.7. The molecule has 1 aliphatic heterocycles. The molecule has 0 atom stereocenters. The smallest absolute Gasteiger partial charge is 0.251 e. The van der Waals surface area contributed by atoms with Gasteiger partial charge in [-0.25, -0.2) is 0 Å². The number of carbonyl (C=O) groups is 2. The van der Waals surface area contributed by atoms with Gasteiger partial charge in [0.1, 0.15) is 0 Å². The van der Waals surface area contributed by atoms with Crippen LogP contribution in [-0.4, -0.2) is 31.8 Å². The van der Waals surface area contributed by atoms with E-state index in [1.165, 1.54) is 11.8 Å². The van der Waals surface area contributed by atoms with Gasteiger partial charge in [-0.3, -0.25) is 9.59 Å². The highest BCUT2D eigenvalue weighted by Crippen LogP contribution is 2.32. The van der Waals surface area contributed by atoms with Crippen LogP contribution < -0.4 is 20.1 Å². The lowest BCUT2D eigenvalue weighted by Gasteiger charge is -2.17. The molecule has 0 unspecified atom stereocenters. The third-order valence-corrected chi connectivity index (χ3v) is 4.87. The van der Waals surface area contributed by atoms with Gasteiger partial charge in [0, 0.05) is 22.6 Å². The molecular weight excluding hydrogens is 340 g/mol. The molecule has 0 aromatic heterocycles. The van der Waals surface area contributed by atoms with Crippen molar-refractivity contribution in [1.29, 1.82) is 0 Å². The summed E-state index contributed by atoms with van der Waals surface area (Å²) in [7, 11) is 3.13. The molecule has 0 saturated carbocycles. The van der Waals surface area contributed by atoms with Crippen LogP contribution in [0.15, 0.2) is 41.3 Å². The lowest BCUT2D eigenvalue weighted by atomic mass is 10.1. The summed E-state index contributed by atoms with van der Waals surface area (Å²) >= 11 is 1.46. The summed E-state index contributed by atoms with van der Waals surface area (Å²) in [5.41, 5.74) is 1.98. The second-order valence-electron chi connectivity index (χ2n) is 5.38. The maximum absolute atomic E-state index is 12.4. The molecule has 25 heavy (non-hydrogen) atoms. The second kappa shape index (κ2) is 7.48. The van der Waals surface area contributed by atoms with E-state index in [9.17, 15) is 9.59 Å². The van der Waals surface area contributed by atoms with Crippen molar-refractivity contribution < 1.29 is 19.1 Å². The number of ether oxygens (including phenoxy) is 2. The predicted octanol–water partition coefficient (Wildman–Crippen LogP) is 2.68. The van der Waals surface area contributed by atoms with Gasteiger partial charge in [0.25, 0.3) is 5.91 Å². The Hall–Kier alpha value is -2.67. The number of carbonyl (C=O) groups excluding carboxylic acids is 2. The average molecular weight is 358 g/mol. The van der Waals surface area contributed by atoms with Gasteiger partial charge in [-0.15, -0.1) is 11.8 Å². The van der Waals surface area contributed by atoms with Crippen LogP contribution in [0.3, 0.4) is 0 Å². The Morgan fingerprint density at radius 1 is 1.24 bits per heavy atom. The topological polar surface area (TPSA) is 76.7 Å². The Balaban J connectivity index is 1.73. The summed E-state index contributed by atoms with van der Waals surface area (Å²) in [4.78, 5) is 24.9. The van der Waals surface area contributed by atoms with Gasteiger partial charge in [-0.05, 0) is 24.3 Å². The molecule has 2 amide bonds. The number of anilines is 1. The van der Waals surface area contributed by atoms with Crippen molar-refractivity contribution in [3.63, 3.8) is 0 Å². The SMILES string of the molecule is COc1cccc(CNC(=O)c2ccc3c(c2)NC(=O)CS3)c1OC. The van der Waals surface area contributed by atoms with Gasteiger partial charge in [0.05, 0.1) is 25.7 Å². The quantitative estimate of drug-likeness (QED) is 0.859. The van der Waals surface area contributed by atoms with Gasteiger partial charge in [-0.1, -0.05) is 12.1 Å². The standard InChI is InChI=1S/C18H18N2O4S/c1-23-14-5-3-4-12(17(14)24-2)9-19-18(22)11-6-7-15-13(8-11)20-16(21)10-25-15/h3-8H,9-10H2,1-2H3,(H,19,22)(H,20,21). The minimum Gasteiger partial charge on any atom is -0.493 e. The fraction of sp³-hybridized carbons (Fsp3) is 0.222. The van der Waals surface area contributed by atoms with E-state index in [2.05, 4.69) is 10.6 Å². The molecule has 2 aromatic rings. The zero-order valence-electron chi connectivity index (χ0n) is 13.9. The predicted molar refractivity (Wildman–Crippen MR) is 96.5 cm³/mol. The van der Waals surface area contributed by atoms with Crippen LogP contribution in [0.2, 0.25) is 0 Å². The molecule has 1 aliphatic rings. The van der Waals surface area contributed by atoms with Crippen molar-refractivity contribution in [2.24, 2.45) is 0 Å².